The molecule has 2 saturated carbocycles. The maximum Gasteiger partial charge on any atom is 0.135 e. The van der Waals surface area contributed by atoms with Gasteiger partial charge in [0.1, 0.15) is 16.8 Å². The monoisotopic (exact) mass is 295 g/mol. The topological polar surface area (TPSA) is 58.0 Å². The Kier molecular flexibility index (Phi) is 4.13. The molecule has 5 heteroatoms. The molecule has 0 atom stereocenters. The molecule has 3 rings (SSSR count). The number of aliphatic hydroxyl groups is 1. The van der Waals surface area contributed by atoms with Crippen LogP contribution in [0.3, 0.4) is 0 Å². The van der Waals surface area contributed by atoms with Crippen molar-refractivity contribution in [3.63, 3.8) is 0 Å². The summed E-state index contributed by atoms with van der Waals surface area (Å²) in [5.41, 5.74) is 0.00935. The Morgan fingerprint density at radius 1 is 1.25 bits per heavy atom. The van der Waals surface area contributed by atoms with Crippen molar-refractivity contribution < 1.29 is 5.11 Å². The molecule has 1 aromatic rings. The molecular weight excluding hydrogens is 274 g/mol. The maximum absolute atomic E-state index is 9.73. The van der Waals surface area contributed by atoms with Crippen LogP contribution < -0.4 is 5.32 Å². The molecule has 2 N–H and O–H groups in total. The van der Waals surface area contributed by atoms with E-state index in [2.05, 4.69) is 15.3 Å². The maximum atomic E-state index is 9.73. The summed E-state index contributed by atoms with van der Waals surface area (Å²) in [6, 6.07) is 1.78. The summed E-state index contributed by atoms with van der Waals surface area (Å²) in [4.78, 5) is 8.85. The lowest BCUT2D eigenvalue weighted by Gasteiger charge is -2.35. The number of hydrogen-bond donors (Lipinski definition) is 2. The van der Waals surface area contributed by atoms with Gasteiger partial charge in [0.2, 0.25) is 0 Å². The molecule has 0 aromatic carbocycles. The van der Waals surface area contributed by atoms with Crippen molar-refractivity contribution in [2.45, 2.75) is 50.9 Å². The fraction of sp³-hybridized carbons (Fsp3) is 0.733. The van der Waals surface area contributed by atoms with Crippen LogP contribution in [0, 0.1) is 5.41 Å². The zero-order chi connectivity index (χ0) is 14.0. The molecule has 0 radical (unpaired) electrons. The fourth-order valence-corrected chi connectivity index (χ4v) is 3.21. The standard InChI is InChI=1S/C15H22ClN3O/c16-12-8-13(19-14(18-12)11-4-5-11)17-9-15(10-20)6-2-1-3-7-15/h8,11,20H,1-7,9-10H2,(H,17,18,19). The minimum atomic E-state index is 0.00935. The Balaban J connectivity index is 1.67. The van der Waals surface area contributed by atoms with E-state index in [0.29, 0.717) is 11.1 Å². The smallest absolute Gasteiger partial charge is 0.135 e. The fourth-order valence-electron chi connectivity index (χ4n) is 3.02. The third kappa shape index (κ3) is 3.23. The molecule has 4 nitrogen and oxygen atoms in total. The Morgan fingerprint density at radius 3 is 2.65 bits per heavy atom. The number of halogens is 1. The lowest BCUT2D eigenvalue weighted by Crippen LogP contribution is -2.35. The summed E-state index contributed by atoms with van der Waals surface area (Å²) >= 11 is 6.07. The van der Waals surface area contributed by atoms with Gasteiger partial charge in [-0.05, 0) is 25.7 Å². The summed E-state index contributed by atoms with van der Waals surface area (Å²) in [7, 11) is 0. The average Bonchev–Trinajstić information content (AvgIpc) is 3.30. The molecule has 2 aliphatic rings. The number of aromatic nitrogens is 2. The predicted octanol–water partition coefficient (Wildman–Crippen LogP) is 3.36. The van der Waals surface area contributed by atoms with Crippen molar-refractivity contribution in [3.05, 3.63) is 17.0 Å². The van der Waals surface area contributed by atoms with Crippen molar-refractivity contribution in [1.29, 1.82) is 0 Å². The normalized spacial score (nSPS) is 21.7. The second-order valence-corrected chi connectivity index (χ2v) is 6.67. The summed E-state index contributed by atoms with van der Waals surface area (Å²) in [6.07, 6.45) is 8.21. The van der Waals surface area contributed by atoms with Crippen LogP contribution in [0.15, 0.2) is 6.07 Å². The van der Waals surface area contributed by atoms with Gasteiger partial charge >= 0.3 is 0 Å². The molecular formula is C15H22ClN3O. The zero-order valence-corrected chi connectivity index (χ0v) is 12.5. The largest absolute Gasteiger partial charge is 0.396 e. The lowest BCUT2D eigenvalue weighted by molar-refractivity contribution is 0.0943. The highest BCUT2D eigenvalue weighted by Gasteiger charge is 2.32. The molecule has 0 unspecified atom stereocenters. The summed E-state index contributed by atoms with van der Waals surface area (Å²) < 4.78 is 0. The first-order valence-electron chi connectivity index (χ1n) is 7.60. The molecule has 110 valence electrons. The number of anilines is 1. The lowest BCUT2D eigenvalue weighted by atomic mass is 9.74. The third-order valence-electron chi connectivity index (χ3n) is 4.55. The number of nitrogens with one attached hydrogen (secondary N) is 1. The predicted molar refractivity (Wildman–Crippen MR) is 80.1 cm³/mol. The first kappa shape index (κ1) is 14.1. The summed E-state index contributed by atoms with van der Waals surface area (Å²) in [5.74, 6) is 2.16. The molecule has 1 aromatic heterocycles. The number of rotatable bonds is 5. The van der Waals surface area contributed by atoms with Gasteiger partial charge in [-0.25, -0.2) is 9.97 Å². The van der Waals surface area contributed by atoms with Gasteiger partial charge in [-0.2, -0.15) is 0 Å². The van der Waals surface area contributed by atoms with Gasteiger partial charge in [-0.15, -0.1) is 0 Å². The van der Waals surface area contributed by atoms with E-state index in [0.717, 1.165) is 31.0 Å². The number of hydrogen-bond acceptors (Lipinski definition) is 4. The van der Waals surface area contributed by atoms with E-state index in [1.165, 1.54) is 32.1 Å². The molecule has 0 aliphatic heterocycles. The summed E-state index contributed by atoms with van der Waals surface area (Å²) in [5, 5.41) is 13.6. The second-order valence-electron chi connectivity index (χ2n) is 6.28. The van der Waals surface area contributed by atoms with Crippen LogP contribution in [-0.4, -0.2) is 28.2 Å². The number of aliphatic hydroxyl groups excluding tert-OH is 1. The SMILES string of the molecule is OCC1(CNc2cc(Cl)nc(C3CC3)n2)CCCCC1. The minimum Gasteiger partial charge on any atom is -0.396 e. The first-order chi connectivity index (χ1) is 9.71. The van der Waals surface area contributed by atoms with E-state index >= 15 is 0 Å². The highest BCUT2D eigenvalue weighted by atomic mass is 35.5. The molecule has 1 heterocycles. The van der Waals surface area contributed by atoms with Gasteiger partial charge in [0, 0.05) is 23.9 Å². The molecule has 0 bridgehead atoms. The summed E-state index contributed by atoms with van der Waals surface area (Å²) in [6.45, 7) is 1.01. The first-order valence-corrected chi connectivity index (χ1v) is 7.98. The molecule has 20 heavy (non-hydrogen) atoms. The van der Waals surface area contributed by atoms with Gasteiger partial charge in [0.05, 0.1) is 6.61 Å². The van der Waals surface area contributed by atoms with Crippen molar-refractivity contribution in [3.8, 4) is 0 Å². The Morgan fingerprint density at radius 2 is 2.00 bits per heavy atom. The van der Waals surface area contributed by atoms with Crippen LogP contribution in [0.2, 0.25) is 5.15 Å². The van der Waals surface area contributed by atoms with Crippen LogP contribution in [0.5, 0.6) is 0 Å². The van der Waals surface area contributed by atoms with Gasteiger partial charge in [-0.1, -0.05) is 30.9 Å². The zero-order valence-electron chi connectivity index (χ0n) is 11.7. The molecule has 2 fully saturated rings. The Labute approximate surface area is 125 Å². The van der Waals surface area contributed by atoms with E-state index in [-0.39, 0.29) is 12.0 Å². The van der Waals surface area contributed by atoms with Crippen molar-refractivity contribution >= 4 is 17.4 Å². The Bertz CT molecular complexity index is 470. The van der Waals surface area contributed by atoms with Crippen LogP contribution in [-0.2, 0) is 0 Å². The van der Waals surface area contributed by atoms with Crippen molar-refractivity contribution in [1.82, 2.24) is 9.97 Å². The van der Waals surface area contributed by atoms with Gasteiger partial charge in [0.15, 0.2) is 0 Å². The molecule has 0 amide bonds. The van der Waals surface area contributed by atoms with Gasteiger partial charge < -0.3 is 10.4 Å². The highest BCUT2D eigenvalue weighted by molar-refractivity contribution is 6.29. The van der Waals surface area contributed by atoms with E-state index in [1.807, 2.05) is 0 Å². The van der Waals surface area contributed by atoms with Crippen LogP contribution in [0.25, 0.3) is 0 Å². The van der Waals surface area contributed by atoms with Crippen LogP contribution in [0.4, 0.5) is 5.82 Å². The van der Waals surface area contributed by atoms with Gasteiger partial charge in [0.25, 0.3) is 0 Å². The molecule has 2 aliphatic carbocycles. The van der Waals surface area contributed by atoms with Crippen molar-refractivity contribution in [2.24, 2.45) is 5.41 Å². The van der Waals surface area contributed by atoms with E-state index < -0.39 is 0 Å². The quantitative estimate of drug-likeness (QED) is 0.818. The number of nitrogens with zero attached hydrogens (tertiary/aromatic N) is 2. The van der Waals surface area contributed by atoms with E-state index in [1.54, 1.807) is 6.07 Å². The third-order valence-corrected chi connectivity index (χ3v) is 4.74. The average molecular weight is 296 g/mol. The van der Waals surface area contributed by atoms with E-state index in [9.17, 15) is 5.11 Å². The van der Waals surface area contributed by atoms with Gasteiger partial charge in [-0.3, -0.25) is 0 Å². The molecule has 0 spiro atoms. The van der Waals surface area contributed by atoms with E-state index in [4.69, 9.17) is 11.6 Å². The van der Waals surface area contributed by atoms with Crippen LogP contribution >= 0.6 is 11.6 Å². The molecule has 0 saturated heterocycles. The van der Waals surface area contributed by atoms with Crippen molar-refractivity contribution in [2.75, 3.05) is 18.5 Å². The minimum absolute atomic E-state index is 0.00935. The second kappa shape index (κ2) is 5.86. The van der Waals surface area contributed by atoms with Crippen LogP contribution in [0.1, 0.15) is 56.7 Å². The highest BCUT2D eigenvalue weighted by Crippen LogP contribution is 2.39. The Hall–Kier alpha value is -0.870.